The first kappa shape index (κ1) is 22.7. The molecule has 1 heterocycles. The summed E-state index contributed by atoms with van der Waals surface area (Å²) in [7, 11) is 3.15. The Morgan fingerprint density at radius 3 is 2.48 bits per heavy atom. The fourth-order valence-electron chi connectivity index (χ4n) is 3.72. The lowest BCUT2D eigenvalue weighted by Gasteiger charge is -2.36. The third-order valence-corrected chi connectivity index (χ3v) is 5.38. The largest absolute Gasteiger partial charge is 0.496 e. The number of ether oxygens (including phenoxy) is 3. The van der Waals surface area contributed by atoms with Crippen LogP contribution in [0, 0.1) is 5.82 Å². The first-order valence-corrected chi connectivity index (χ1v) is 10.8. The van der Waals surface area contributed by atoms with Gasteiger partial charge in [0.15, 0.2) is 11.5 Å². The van der Waals surface area contributed by atoms with Gasteiger partial charge < -0.3 is 19.1 Å². The molecule has 0 unspecified atom stereocenters. The van der Waals surface area contributed by atoms with E-state index in [1.165, 1.54) is 12.1 Å². The fourth-order valence-corrected chi connectivity index (χ4v) is 3.72. The van der Waals surface area contributed by atoms with Crippen molar-refractivity contribution in [1.82, 2.24) is 4.90 Å². The lowest BCUT2D eigenvalue weighted by Crippen LogP contribution is -2.49. The number of anilines is 1. The van der Waals surface area contributed by atoms with Crippen LogP contribution in [0.25, 0.3) is 0 Å². The highest BCUT2D eigenvalue weighted by Gasteiger charge is 2.28. The number of benzene rings is 2. The Morgan fingerprint density at radius 2 is 1.74 bits per heavy atom. The Balaban J connectivity index is 1.77. The van der Waals surface area contributed by atoms with Crippen molar-refractivity contribution in [2.45, 2.75) is 39.2 Å². The van der Waals surface area contributed by atoms with Crippen LogP contribution in [-0.4, -0.2) is 44.8 Å². The van der Waals surface area contributed by atoms with Crippen molar-refractivity contribution >= 4 is 11.7 Å². The van der Waals surface area contributed by atoms with Gasteiger partial charge in [-0.3, -0.25) is 4.90 Å². The van der Waals surface area contributed by atoms with Gasteiger partial charge in [-0.1, -0.05) is 19.8 Å². The third kappa shape index (κ3) is 5.60. The van der Waals surface area contributed by atoms with E-state index in [1.54, 1.807) is 30.1 Å². The number of amides is 2. The summed E-state index contributed by atoms with van der Waals surface area (Å²) in [6.45, 7) is 4.25. The maximum atomic E-state index is 13.7. The maximum absolute atomic E-state index is 13.7. The standard InChI is InChI=1S/C24H31FN2O4/c1-4-5-6-14-31-23-16-20(9-11-22(23)30-3)27-13-7-12-26(24(27)28)17-18-15-19(25)8-10-21(18)29-2/h8-11,15-16H,4-7,12-14,17H2,1-3H3. The van der Waals surface area contributed by atoms with Crippen molar-refractivity contribution in [1.29, 1.82) is 0 Å². The fraction of sp³-hybridized carbons (Fsp3) is 0.458. The second-order valence-corrected chi connectivity index (χ2v) is 7.56. The van der Waals surface area contributed by atoms with Gasteiger partial charge in [0.05, 0.1) is 27.4 Å². The molecular weight excluding hydrogens is 399 g/mol. The number of methoxy groups -OCH3 is 2. The molecule has 0 saturated carbocycles. The van der Waals surface area contributed by atoms with Gasteiger partial charge >= 0.3 is 6.03 Å². The quantitative estimate of drug-likeness (QED) is 0.484. The second kappa shape index (κ2) is 10.9. The number of unbranched alkanes of at least 4 members (excludes halogenated alkanes) is 2. The monoisotopic (exact) mass is 430 g/mol. The zero-order chi connectivity index (χ0) is 22.2. The van der Waals surface area contributed by atoms with Crippen LogP contribution in [0.1, 0.15) is 38.2 Å². The number of rotatable bonds is 10. The van der Waals surface area contributed by atoms with E-state index < -0.39 is 0 Å². The summed E-state index contributed by atoms with van der Waals surface area (Å²) in [6.07, 6.45) is 4.00. The zero-order valence-electron chi connectivity index (χ0n) is 18.5. The molecule has 168 valence electrons. The van der Waals surface area contributed by atoms with Crippen molar-refractivity contribution in [3.63, 3.8) is 0 Å². The van der Waals surface area contributed by atoms with Crippen LogP contribution in [0.3, 0.4) is 0 Å². The molecular formula is C24H31FN2O4. The molecule has 0 bridgehead atoms. The summed E-state index contributed by atoms with van der Waals surface area (Å²) in [6, 6.07) is 9.78. The molecule has 1 aliphatic rings. The van der Waals surface area contributed by atoms with E-state index in [2.05, 4.69) is 6.92 Å². The lowest BCUT2D eigenvalue weighted by molar-refractivity contribution is 0.191. The molecule has 2 aromatic rings. The molecule has 2 amide bonds. The number of carbonyl (C=O) groups excluding carboxylic acids is 1. The summed E-state index contributed by atoms with van der Waals surface area (Å²) in [4.78, 5) is 16.7. The van der Waals surface area contributed by atoms with Crippen molar-refractivity contribution in [2.24, 2.45) is 0 Å². The van der Waals surface area contributed by atoms with Gasteiger partial charge in [0.1, 0.15) is 11.6 Å². The first-order valence-electron chi connectivity index (χ1n) is 10.8. The average molecular weight is 431 g/mol. The minimum atomic E-state index is -0.350. The summed E-state index contributed by atoms with van der Waals surface area (Å²) in [5.41, 5.74) is 1.40. The van der Waals surface area contributed by atoms with E-state index in [0.29, 0.717) is 42.5 Å². The maximum Gasteiger partial charge on any atom is 0.324 e. The van der Waals surface area contributed by atoms with Crippen molar-refractivity contribution < 1.29 is 23.4 Å². The molecule has 0 aliphatic carbocycles. The summed E-state index contributed by atoms with van der Waals surface area (Å²) >= 11 is 0. The van der Waals surface area contributed by atoms with Crippen LogP contribution < -0.4 is 19.1 Å². The predicted molar refractivity (Wildman–Crippen MR) is 119 cm³/mol. The van der Waals surface area contributed by atoms with Gasteiger partial charge in [-0.25, -0.2) is 9.18 Å². The van der Waals surface area contributed by atoms with Gasteiger partial charge in [0, 0.05) is 30.4 Å². The van der Waals surface area contributed by atoms with E-state index in [-0.39, 0.29) is 18.4 Å². The van der Waals surface area contributed by atoms with Crippen molar-refractivity contribution in [2.75, 3.05) is 38.8 Å². The van der Waals surface area contributed by atoms with Gasteiger partial charge in [-0.2, -0.15) is 0 Å². The molecule has 0 atom stereocenters. The highest BCUT2D eigenvalue weighted by Crippen LogP contribution is 2.34. The Bertz CT molecular complexity index is 890. The summed E-state index contributed by atoms with van der Waals surface area (Å²) in [5.74, 6) is 1.49. The molecule has 7 heteroatoms. The highest BCUT2D eigenvalue weighted by atomic mass is 19.1. The molecule has 0 spiro atoms. The molecule has 3 rings (SSSR count). The van der Waals surface area contributed by atoms with E-state index in [4.69, 9.17) is 14.2 Å². The van der Waals surface area contributed by atoms with Crippen LogP contribution in [0.5, 0.6) is 17.2 Å². The Hall–Kier alpha value is -2.96. The predicted octanol–water partition coefficient (Wildman–Crippen LogP) is 5.24. The molecule has 6 nitrogen and oxygen atoms in total. The number of nitrogens with zero attached hydrogens (tertiary/aromatic N) is 2. The van der Waals surface area contributed by atoms with E-state index in [1.807, 2.05) is 18.2 Å². The van der Waals surface area contributed by atoms with E-state index in [0.717, 1.165) is 31.4 Å². The molecule has 0 N–H and O–H groups in total. The van der Waals surface area contributed by atoms with Crippen LogP contribution in [0.15, 0.2) is 36.4 Å². The molecule has 31 heavy (non-hydrogen) atoms. The molecule has 0 radical (unpaired) electrons. The summed E-state index contributed by atoms with van der Waals surface area (Å²) in [5, 5.41) is 0. The van der Waals surface area contributed by atoms with Gasteiger partial charge in [0.2, 0.25) is 0 Å². The van der Waals surface area contributed by atoms with Gasteiger partial charge in [-0.15, -0.1) is 0 Å². The molecule has 2 aromatic carbocycles. The lowest BCUT2D eigenvalue weighted by atomic mass is 10.1. The molecule has 1 aliphatic heterocycles. The van der Waals surface area contributed by atoms with Crippen LogP contribution >= 0.6 is 0 Å². The van der Waals surface area contributed by atoms with Gasteiger partial charge in [0.25, 0.3) is 0 Å². The zero-order valence-corrected chi connectivity index (χ0v) is 18.5. The van der Waals surface area contributed by atoms with E-state index in [9.17, 15) is 9.18 Å². The van der Waals surface area contributed by atoms with Crippen molar-refractivity contribution in [3.05, 3.63) is 47.8 Å². The van der Waals surface area contributed by atoms with Crippen LogP contribution in [0.2, 0.25) is 0 Å². The van der Waals surface area contributed by atoms with Crippen LogP contribution in [-0.2, 0) is 6.54 Å². The topological polar surface area (TPSA) is 51.2 Å². The average Bonchev–Trinajstić information content (AvgIpc) is 2.78. The Morgan fingerprint density at radius 1 is 0.968 bits per heavy atom. The minimum absolute atomic E-state index is 0.125. The highest BCUT2D eigenvalue weighted by molar-refractivity contribution is 5.93. The molecule has 1 fully saturated rings. The number of urea groups is 1. The minimum Gasteiger partial charge on any atom is -0.496 e. The number of hydrogen-bond acceptors (Lipinski definition) is 4. The number of halogens is 1. The normalized spacial score (nSPS) is 14.0. The second-order valence-electron chi connectivity index (χ2n) is 7.56. The van der Waals surface area contributed by atoms with Gasteiger partial charge in [-0.05, 0) is 43.2 Å². The Kier molecular flexibility index (Phi) is 7.98. The molecule has 0 aromatic heterocycles. The Labute approximate surface area is 183 Å². The van der Waals surface area contributed by atoms with E-state index >= 15 is 0 Å². The smallest absolute Gasteiger partial charge is 0.324 e. The number of hydrogen-bond donors (Lipinski definition) is 0. The third-order valence-electron chi connectivity index (χ3n) is 5.38. The summed E-state index contributed by atoms with van der Waals surface area (Å²) < 4.78 is 30.4. The first-order chi connectivity index (χ1) is 15.1. The number of carbonyl (C=O) groups is 1. The SMILES string of the molecule is CCCCCOc1cc(N2CCCN(Cc3cc(F)ccc3OC)C2=O)ccc1OC. The van der Waals surface area contributed by atoms with Crippen LogP contribution in [0.4, 0.5) is 14.9 Å². The van der Waals surface area contributed by atoms with Crippen molar-refractivity contribution in [3.8, 4) is 17.2 Å². The molecule has 1 saturated heterocycles.